The number of anilines is 1. The summed E-state index contributed by atoms with van der Waals surface area (Å²) in [6, 6.07) is 2.59. The van der Waals surface area contributed by atoms with Crippen LogP contribution in [-0.4, -0.2) is 74.6 Å². The average Bonchev–Trinajstić information content (AvgIpc) is 3.14. The summed E-state index contributed by atoms with van der Waals surface area (Å²) in [6.45, 7) is 4.56. The molecule has 13 heteroatoms. The molecule has 0 aromatic heterocycles. The van der Waals surface area contributed by atoms with Crippen LogP contribution in [0.15, 0.2) is 32.6 Å². The highest BCUT2D eigenvalue weighted by Gasteiger charge is 2.35. The summed E-state index contributed by atoms with van der Waals surface area (Å²) >= 11 is 0. The fraction of sp³-hybridized carbons (Fsp3) is 0.324. The molecule has 6 rings (SSSR count). The number of nitrogens with one attached hydrogen (secondary N) is 1. The number of hydrogen-bond donors (Lipinski definition) is 4. The zero-order valence-corrected chi connectivity index (χ0v) is 27.1. The minimum atomic E-state index is -0.505. The first-order valence-electron chi connectivity index (χ1n) is 14.7. The van der Waals surface area contributed by atoms with Crippen LogP contribution in [0, 0.1) is 4.91 Å². The van der Waals surface area contributed by atoms with Crippen LogP contribution >= 0.6 is 0 Å². The van der Waals surface area contributed by atoms with E-state index in [0.717, 1.165) is 13.0 Å². The van der Waals surface area contributed by atoms with Crippen molar-refractivity contribution in [3.63, 3.8) is 0 Å². The number of nitrogens with zero attached hydrogens (tertiary/aromatic N) is 2. The van der Waals surface area contributed by atoms with Gasteiger partial charge in [-0.05, 0) is 58.3 Å². The van der Waals surface area contributed by atoms with Crippen LogP contribution < -0.4 is 30.4 Å². The highest BCUT2D eigenvalue weighted by molar-refractivity contribution is 6.42. The molecule has 0 saturated carbocycles. The number of phenolic OH excluding ortho intramolecular Hbond substituents is 2. The number of rotatable bonds is 9. The molecule has 5 aromatic rings. The molecule has 13 nitrogen and oxygen atoms in total. The van der Waals surface area contributed by atoms with Crippen molar-refractivity contribution in [2.24, 2.45) is 5.34 Å². The number of carbonyl (C=O) groups is 1. The zero-order valence-electron chi connectivity index (χ0n) is 27.1. The Labute approximate surface area is 268 Å². The van der Waals surface area contributed by atoms with Crippen molar-refractivity contribution in [3.05, 3.63) is 54.2 Å². The number of allylic oxidation sites excluding steroid dienone is 2. The van der Waals surface area contributed by atoms with Crippen molar-refractivity contribution < 1.29 is 34.4 Å². The molecule has 0 saturated heterocycles. The monoisotopic (exact) mass is 645 g/mol. The maximum Gasteiger partial charge on any atom is 0.194 e. The fourth-order valence-electron chi connectivity index (χ4n) is 7.05. The second kappa shape index (κ2) is 12.4. The van der Waals surface area contributed by atoms with Gasteiger partial charge in [-0.2, -0.15) is 0 Å². The van der Waals surface area contributed by atoms with Crippen LogP contribution in [0.1, 0.15) is 31.4 Å². The van der Waals surface area contributed by atoms with E-state index in [0.29, 0.717) is 66.8 Å². The molecular weight excluding hydrogens is 610 g/mol. The molecule has 0 radical (unpaired) electrons. The lowest BCUT2D eigenvalue weighted by atomic mass is 9.82. The fourth-order valence-corrected chi connectivity index (χ4v) is 7.05. The lowest BCUT2D eigenvalue weighted by Gasteiger charge is -2.24. The third-order valence-electron chi connectivity index (χ3n) is 8.71. The van der Waals surface area contributed by atoms with Crippen molar-refractivity contribution in [1.29, 1.82) is 0 Å². The van der Waals surface area contributed by atoms with Gasteiger partial charge in [-0.1, -0.05) is 5.57 Å². The van der Waals surface area contributed by atoms with Gasteiger partial charge in [0.1, 0.15) is 11.5 Å². The summed E-state index contributed by atoms with van der Waals surface area (Å²) < 4.78 is 17.2. The molecule has 1 aliphatic carbocycles. The van der Waals surface area contributed by atoms with E-state index >= 15 is 0 Å². The van der Waals surface area contributed by atoms with Gasteiger partial charge in [0, 0.05) is 56.7 Å². The molecule has 4 N–H and O–H groups in total. The summed E-state index contributed by atoms with van der Waals surface area (Å²) in [5.41, 5.74) is 1.39. The van der Waals surface area contributed by atoms with Gasteiger partial charge < -0.3 is 39.8 Å². The van der Waals surface area contributed by atoms with Gasteiger partial charge in [0.25, 0.3) is 0 Å². The van der Waals surface area contributed by atoms with Gasteiger partial charge in [-0.25, -0.2) is 0 Å². The Hall–Kier alpha value is -5.43. The van der Waals surface area contributed by atoms with Crippen LogP contribution in [0.5, 0.6) is 28.7 Å². The predicted octanol–water partition coefficient (Wildman–Crippen LogP) is 4.76. The number of benzene rings is 5. The number of hydrogen-bond acceptors (Lipinski definition) is 12. The quantitative estimate of drug-likeness (QED) is 0.0431. The Kier molecular flexibility index (Phi) is 8.69. The lowest BCUT2D eigenvalue weighted by molar-refractivity contribution is -0.111. The number of methoxy groups -OCH3 is 3. The smallest absolute Gasteiger partial charge is 0.194 e. The topological polar surface area (TPSA) is 184 Å². The number of ether oxygens (including phenoxy) is 3. The van der Waals surface area contributed by atoms with E-state index in [9.17, 15) is 24.6 Å². The largest absolute Gasteiger partial charge is 0.505 e. The molecule has 1 aliphatic rings. The number of ketones is 1. The Morgan fingerprint density at radius 3 is 1.89 bits per heavy atom. The SMILES string of the molecule is COc1c(O)c2c(=O)cc(OC)c3c4c(OC)cc(=O)c5c(O)c(NCCCN(C)C)c6c(c(c1C(C(C)=O)=C(C)C6)c23)c54.O=NO. The van der Waals surface area contributed by atoms with E-state index in [1.807, 2.05) is 21.0 Å². The van der Waals surface area contributed by atoms with Crippen molar-refractivity contribution in [1.82, 2.24) is 4.90 Å². The molecule has 5 aromatic carbocycles. The van der Waals surface area contributed by atoms with E-state index in [2.05, 4.69) is 10.2 Å². The van der Waals surface area contributed by atoms with E-state index in [4.69, 9.17) is 24.3 Å². The molecule has 0 unspecified atom stereocenters. The molecule has 0 amide bonds. The van der Waals surface area contributed by atoms with Gasteiger partial charge >= 0.3 is 0 Å². The predicted molar refractivity (Wildman–Crippen MR) is 181 cm³/mol. The van der Waals surface area contributed by atoms with E-state index in [-0.39, 0.29) is 46.0 Å². The zero-order chi connectivity index (χ0) is 34.5. The number of phenols is 2. The first-order valence-corrected chi connectivity index (χ1v) is 14.7. The third-order valence-corrected chi connectivity index (χ3v) is 8.71. The van der Waals surface area contributed by atoms with Gasteiger partial charge in [0.15, 0.2) is 39.2 Å². The first-order chi connectivity index (χ1) is 22.4. The number of Topliss-reactive ketones (excluding diaryl/α,β-unsaturated/α-hetero) is 1. The Morgan fingerprint density at radius 2 is 1.40 bits per heavy atom. The second-order valence-electron chi connectivity index (χ2n) is 11.7. The van der Waals surface area contributed by atoms with Gasteiger partial charge in [-0.3, -0.25) is 14.4 Å². The Balaban J connectivity index is 0.00000139. The summed E-state index contributed by atoms with van der Waals surface area (Å²) in [7, 11) is 8.19. The van der Waals surface area contributed by atoms with Crippen LogP contribution in [0.3, 0.4) is 0 Å². The number of fused-ring (bicyclic) bond motifs is 1. The van der Waals surface area contributed by atoms with E-state index < -0.39 is 16.6 Å². The maximum atomic E-state index is 13.8. The molecule has 0 spiro atoms. The first kappa shape index (κ1) is 32.9. The molecule has 0 bridgehead atoms. The standard InChI is InChI=1S/C34H34N2O8.HNO2/c1-14-11-16-22-27-23(32(40)31(16)35-9-8-10-36(3)4)17(38)12-19(42-5)25(27)26-20(43-6)13-18(39)24-29(26)28(22)30(21(14)15(2)37)34(44-7)33(24)41;2-1-3/h12-13,35,40-41H,8-11H2,1-7H3;(H,2,3). The second-order valence-corrected chi connectivity index (χ2v) is 11.7. The molecular formula is C34H35N3O10. The molecule has 47 heavy (non-hydrogen) atoms. The van der Waals surface area contributed by atoms with Gasteiger partial charge in [0.2, 0.25) is 0 Å². The van der Waals surface area contributed by atoms with Crippen molar-refractivity contribution in [2.75, 3.05) is 53.8 Å². The molecule has 0 fully saturated rings. The summed E-state index contributed by atoms with van der Waals surface area (Å²) in [5, 5.41) is 37.5. The summed E-state index contributed by atoms with van der Waals surface area (Å²) in [4.78, 5) is 51.0. The van der Waals surface area contributed by atoms with E-state index in [1.165, 1.54) is 45.7 Å². The molecule has 0 atom stereocenters. The van der Waals surface area contributed by atoms with E-state index in [1.54, 1.807) is 0 Å². The van der Waals surface area contributed by atoms with Gasteiger partial charge in [-0.15, -0.1) is 4.91 Å². The Bertz CT molecular complexity index is 2240. The molecule has 0 aliphatic heterocycles. The van der Waals surface area contributed by atoms with Crippen LogP contribution in [-0.2, 0) is 11.2 Å². The lowest BCUT2D eigenvalue weighted by Crippen LogP contribution is -2.17. The Morgan fingerprint density at radius 1 is 0.872 bits per heavy atom. The van der Waals surface area contributed by atoms with Crippen molar-refractivity contribution >= 4 is 60.1 Å². The average molecular weight is 646 g/mol. The number of aromatic hydroxyl groups is 2. The maximum absolute atomic E-state index is 13.8. The minimum absolute atomic E-state index is 0.00887. The number of carbonyl (C=O) groups excluding carboxylic acids is 1. The minimum Gasteiger partial charge on any atom is -0.505 e. The highest BCUT2D eigenvalue weighted by atomic mass is 16.6. The van der Waals surface area contributed by atoms with Crippen LogP contribution in [0.2, 0.25) is 0 Å². The third kappa shape index (κ3) is 4.85. The van der Waals surface area contributed by atoms with Crippen LogP contribution in [0.4, 0.5) is 5.69 Å². The normalized spacial score (nSPS) is 12.6. The van der Waals surface area contributed by atoms with Crippen LogP contribution in [0.25, 0.3) is 48.7 Å². The van der Waals surface area contributed by atoms with Crippen molar-refractivity contribution in [2.45, 2.75) is 26.7 Å². The highest BCUT2D eigenvalue weighted by Crippen LogP contribution is 2.57. The van der Waals surface area contributed by atoms with Crippen molar-refractivity contribution in [3.8, 4) is 28.7 Å². The van der Waals surface area contributed by atoms with Gasteiger partial charge in [0.05, 0.1) is 37.8 Å². The summed E-state index contributed by atoms with van der Waals surface area (Å²) in [6.07, 6.45) is 0.991. The summed E-state index contributed by atoms with van der Waals surface area (Å²) in [5.74, 6) is -0.476. The molecule has 246 valence electrons. The molecule has 0 heterocycles.